The smallest absolute Gasteiger partial charge is 0.341 e. The van der Waals surface area contributed by atoms with Crippen molar-refractivity contribution in [3.8, 4) is 11.5 Å². The van der Waals surface area contributed by atoms with Gasteiger partial charge in [-0.1, -0.05) is 24.3 Å². The van der Waals surface area contributed by atoms with Gasteiger partial charge in [-0.05, 0) is 85.5 Å². The van der Waals surface area contributed by atoms with Gasteiger partial charge in [-0.15, -0.1) is 0 Å². The minimum absolute atomic E-state index is 0.315. The van der Waals surface area contributed by atoms with Crippen LogP contribution in [0.15, 0.2) is 48.5 Å². The number of rotatable bonds is 8. The van der Waals surface area contributed by atoms with Crippen LogP contribution in [0.4, 0.5) is 0 Å². The van der Waals surface area contributed by atoms with E-state index in [1.807, 2.05) is 24.3 Å². The van der Waals surface area contributed by atoms with Crippen LogP contribution >= 0.6 is 0 Å². The first kappa shape index (κ1) is 22.8. The van der Waals surface area contributed by atoms with Crippen molar-refractivity contribution in [2.45, 2.75) is 25.7 Å². The number of methoxy groups -OCH3 is 2. The standard InChI is InChI=1S/C28H32O6/c1-31-25-9-5-3-7-20(25)27(29)33-15-17-11-22-18-13-19(23(14-18)24(22)12-17)16-34-28(30)21-8-4-6-10-26(21)32-2/h3-10,17-19,22-24H,11-16H2,1-2H3. The predicted molar refractivity (Wildman–Crippen MR) is 126 cm³/mol. The van der Waals surface area contributed by atoms with Gasteiger partial charge in [-0.2, -0.15) is 0 Å². The Labute approximate surface area is 200 Å². The summed E-state index contributed by atoms with van der Waals surface area (Å²) in [4.78, 5) is 25.2. The molecule has 2 aromatic carbocycles. The Morgan fingerprint density at radius 2 is 1.26 bits per heavy atom. The van der Waals surface area contributed by atoms with Gasteiger partial charge in [0.1, 0.15) is 22.6 Å². The second-order valence-electron chi connectivity index (χ2n) is 9.92. The Morgan fingerprint density at radius 1 is 0.706 bits per heavy atom. The van der Waals surface area contributed by atoms with Crippen molar-refractivity contribution < 1.29 is 28.5 Å². The summed E-state index contributed by atoms with van der Waals surface area (Å²) in [6, 6.07) is 14.3. The summed E-state index contributed by atoms with van der Waals surface area (Å²) in [6.45, 7) is 0.922. The Kier molecular flexibility index (Phi) is 6.48. The van der Waals surface area contributed by atoms with Crippen molar-refractivity contribution in [3.63, 3.8) is 0 Å². The number of esters is 2. The molecule has 34 heavy (non-hydrogen) atoms. The maximum atomic E-state index is 12.6. The van der Waals surface area contributed by atoms with Crippen molar-refractivity contribution in [2.75, 3.05) is 27.4 Å². The maximum absolute atomic E-state index is 12.6. The molecular formula is C28H32O6. The van der Waals surface area contributed by atoms with Gasteiger partial charge in [-0.3, -0.25) is 0 Å². The quantitative estimate of drug-likeness (QED) is 0.511. The summed E-state index contributed by atoms with van der Waals surface area (Å²) >= 11 is 0. The van der Waals surface area contributed by atoms with E-state index in [1.165, 1.54) is 6.42 Å². The molecule has 0 amide bonds. The Morgan fingerprint density at radius 3 is 1.88 bits per heavy atom. The summed E-state index contributed by atoms with van der Waals surface area (Å²) in [5.74, 6) is 3.90. The highest BCUT2D eigenvalue weighted by atomic mass is 16.5. The zero-order chi connectivity index (χ0) is 23.7. The highest BCUT2D eigenvalue weighted by Gasteiger charge is 2.56. The molecule has 2 bridgehead atoms. The molecule has 3 fully saturated rings. The van der Waals surface area contributed by atoms with E-state index in [4.69, 9.17) is 18.9 Å². The van der Waals surface area contributed by atoms with Gasteiger partial charge >= 0.3 is 11.9 Å². The minimum Gasteiger partial charge on any atom is -0.496 e. The molecular weight excluding hydrogens is 432 g/mol. The molecule has 5 rings (SSSR count). The Bertz CT molecular complexity index is 1050. The molecule has 6 atom stereocenters. The van der Waals surface area contributed by atoms with Crippen molar-refractivity contribution in [1.29, 1.82) is 0 Å². The highest BCUT2D eigenvalue weighted by molar-refractivity contribution is 5.93. The first-order valence-electron chi connectivity index (χ1n) is 12.2. The van der Waals surface area contributed by atoms with E-state index in [9.17, 15) is 9.59 Å². The molecule has 6 unspecified atom stereocenters. The number of ether oxygens (including phenoxy) is 4. The first-order chi connectivity index (χ1) is 16.6. The molecule has 6 nitrogen and oxygen atoms in total. The van der Waals surface area contributed by atoms with Crippen LogP contribution in [0.25, 0.3) is 0 Å². The molecule has 3 aliphatic carbocycles. The number of para-hydroxylation sites is 2. The van der Waals surface area contributed by atoms with Crippen LogP contribution in [0, 0.1) is 35.5 Å². The maximum Gasteiger partial charge on any atom is 0.341 e. The van der Waals surface area contributed by atoms with Gasteiger partial charge in [0, 0.05) is 0 Å². The number of hydrogen-bond acceptors (Lipinski definition) is 6. The van der Waals surface area contributed by atoms with Gasteiger partial charge in [0.25, 0.3) is 0 Å². The number of fused-ring (bicyclic) bond motifs is 5. The van der Waals surface area contributed by atoms with Crippen molar-refractivity contribution in [2.24, 2.45) is 35.5 Å². The van der Waals surface area contributed by atoms with Crippen LogP contribution in [0.5, 0.6) is 11.5 Å². The van der Waals surface area contributed by atoms with E-state index in [1.54, 1.807) is 38.5 Å². The van der Waals surface area contributed by atoms with Crippen molar-refractivity contribution >= 4 is 11.9 Å². The SMILES string of the molecule is COc1ccccc1C(=O)OCC1CC2C3CC(COC(=O)c4ccccc4OC)C(C3)C2C1. The lowest BCUT2D eigenvalue weighted by Crippen LogP contribution is -2.28. The molecule has 0 aliphatic heterocycles. The molecule has 6 heteroatoms. The molecule has 0 aromatic heterocycles. The highest BCUT2D eigenvalue weighted by Crippen LogP contribution is 2.62. The Hall–Kier alpha value is -3.02. The summed E-state index contributed by atoms with van der Waals surface area (Å²) in [5.41, 5.74) is 0.948. The second-order valence-corrected chi connectivity index (χ2v) is 9.92. The summed E-state index contributed by atoms with van der Waals surface area (Å²) in [7, 11) is 3.12. The van der Waals surface area contributed by atoms with Crippen molar-refractivity contribution in [1.82, 2.24) is 0 Å². The lowest BCUT2D eigenvalue weighted by Gasteiger charge is -2.31. The monoisotopic (exact) mass is 464 g/mol. The minimum atomic E-state index is -0.321. The second kappa shape index (κ2) is 9.69. The van der Waals surface area contributed by atoms with Crippen LogP contribution in [-0.4, -0.2) is 39.4 Å². The number of hydrogen-bond donors (Lipinski definition) is 0. The predicted octanol–water partition coefficient (Wildman–Crippen LogP) is 5.02. The van der Waals surface area contributed by atoms with E-state index in [0.717, 1.165) is 19.3 Å². The molecule has 0 heterocycles. The lowest BCUT2D eigenvalue weighted by atomic mass is 9.76. The fraction of sp³-hybridized carbons (Fsp3) is 0.500. The molecule has 0 radical (unpaired) electrons. The number of carbonyl (C=O) groups excluding carboxylic acids is 2. The molecule has 180 valence electrons. The van der Waals surface area contributed by atoms with Gasteiger partial charge in [0.05, 0.1) is 27.4 Å². The summed E-state index contributed by atoms with van der Waals surface area (Å²) in [5, 5.41) is 0. The largest absolute Gasteiger partial charge is 0.496 e. The van der Waals surface area contributed by atoms with Crippen LogP contribution in [0.3, 0.4) is 0 Å². The van der Waals surface area contributed by atoms with Gasteiger partial charge < -0.3 is 18.9 Å². The van der Waals surface area contributed by atoms with E-state index in [0.29, 0.717) is 71.3 Å². The lowest BCUT2D eigenvalue weighted by molar-refractivity contribution is 0.0332. The fourth-order valence-electron chi connectivity index (χ4n) is 6.81. The van der Waals surface area contributed by atoms with Crippen LogP contribution in [0.1, 0.15) is 46.4 Å². The van der Waals surface area contributed by atoms with E-state index >= 15 is 0 Å². The third kappa shape index (κ3) is 4.26. The molecule has 3 saturated carbocycles. The molecule has 2 aromatic rings. The van der Waals surface area contributed by atoms with Gasteiger partial charge in [0.2, 0.25) is 0 Å². The van der Waals surface area contributed by atoms with Gasteiger partial charge in [0.15, 0.2) is 0 Å². The van der Waals surface area contributed by atoms with Crippen LogP contribution in [-0.2, 0) is 9.47 Å². The third-order valence-corrected chi connectivity index (χ3v) is 8.23. The van der Waals surface area contributed by atoms with E-state index in [2.05, 4.69) is 0 Å². The fourth-order valence-corrected chi connectivity index (χ4v) is 6.81. The normalized spacial score (nSPS) is 28.9. The topological polar surface area (TPSA) is 71.1 Å². The average Bonchev–Trinajstić information content (AvgIpc) is 3.57. The Balaban J connectivity index is 1.13. The number of benzene rings is 2. The third-order valence-electron chi connectivity index (χ3n) is 8.23. The van der Waals surface area contributed by atoms with E-state index < -0.39 is 0 Å². The van der Waals surface area contributed by atoms with E-state index in [-0.39, 0.29) is 11.9 Å². The first-order valence-corrected chi connectivity index (χ1v) is 12.2. The number of carbonyl (C=O) groups is 2. The molecule has 0 spiro atoms. The zero-order valence-electron chi connectivity index (χ0n) is 19.8. The van der Waals surface area contributed by atoms with Gasteiger partial charge in [-0.25, -0.2) is 9.59 Å². The molecule has 3 aliphatic rings. The zero-order valence-corrected chi connectivity index (χ0v) is 19.8. The van der Waals surface area contributed by atoms with Crippen LogP contribution < -0.4 is 9.47 Å². The molecule has 0 N–H and O–H groups in total. The summed E-state index contributed by atoms with van der Waals surface area (Å²) < 4.78 is 22.0. The summed E-state index contributed by atoms with van der Waals surface area (Å²) in [6.07, 6.45) is 4.57. The van der Waals surface area contributed by atoms with Crippen molar-refractivity contribution in [3.05, 3.63) is 59.7 Å². The average molecular weight is 465 g/mol. The van der Waals surface area contributed by atoms with Crippen LogP contribution in [0.2, 0.25) is 0 Å². The molecule has 0 saturated heterocycles.